The van der Waals surface area contributed by atoms with Crippen molar-refractivity contribution in [2.75, 3.05) is 20.2 Å². The number of H-pyrrole nitrogens is 2. The number of hydrogen-bond donors (Lipinski definition) is 4. The number of aromatic amines is 2. The van der Waals surface area contributed by atoms with Crippen LogP contribution in [-0.4, -0.2) is 78.9 Å². The second-order valence-electron chi connectivity index (χ2n) is 15.0. The van der Waals surface area contributed by atoms with Gasteiger partial charge in [-0.1, -0.05) is 84.9 Å². The molecule has 3 aromatic carbocycles. The molecule has 60 heavy (non-hydrogen) atoms. The van der Waals surface area contributed by atoms with Crippen LogP contribution >= 0.6 is 0 Å². The normalized spacial score (nSPS) is 17.8. The molecule has 15 heteroatoms. The van der Waals surface area contributed by atoms with Crippen LogP contribution in [0, 0.1) is 0 Å². The van der Waals surface area contributed by atoms with E-state index in [0.717, 1.165) is 53.0 Å². The lowest BCUT2D eigenvalue weighted by molar-refractivity contribution is -0.151. The van der Waals surface area contributed by atoms with Crippen LogP contribution < -0.4 is 11.1 Å². The van der Waals surface area contributed by atoms with Crippen molar-refractivity contribution in [2.24, 2.45) is 5.73 Å². The lowest BCUT2D eigenvalue weighted by Crippen LogP contribution is -2.48. The van der Waals surface area contributed by atoms with E-state index in [-0.39, 0.29) is 23.9 Å². The number of hydrogen-bond acceptors (Lipinski definition) is 9. The smallest absolute Gasteiger partial charge is 0.407 e. The van der Waals surface area contributed by atoms with E-state index in [1.807, 2.05) is 72.8 Å². The number of amides is 4. The molecule has 8 rings (SSSR count). The molecule has 2 aliphatic rings. The van der Waals surface area contributed by atoms with E-state index in [2.05, 4.69) is 25.3 Å². The summed E-state index contributed by atoms with van der Waals surface area (Å²) in [6, 6.07) is 28.4. The van der Waals surface area contributed by atoms with Crippen LogP contribution in [-0.2, 0) is 24.7 Å². The van der Waals surface area contributed by atoms with Crippen molar-refractivity contribution in [2.45, 2.75) is 56.3 Å². The highest BCUT2D eigenvalue weighted by Gasteiger charge is 2.46. The maximum absolute atomic E-state index is 14.0. The van der Waals surface area contributed by atoms with Gasteiger partial charge in [0.15, 0.2) is 0 Å². The molecule has 2 fully saturated rings. The first-order valence-electron chi connectivity index (χ1n) is 19.8. The molecule has 3 aromatic heterocycles. The molecule has 0 bridgehead atoms. The molecule has 2 saturated heterocycles. The molecule has 0 aliphatic carbocycles. The van der Waals surface area contributed by atoms with Gasteiger partial charge in [-0.05, 0) is 55.9 Å². The number of nitrogens with zero attached hydrogens (tertiary/aromatic N) is 5. The number of pyridine rings is 1. The number of carbonyl (C=O) groups is 4. The predicted octanol–water partition coefficient (Wildman–Crippen LogP) is 6.96. The number of carbonyl (C=O) groups excluding carboxylic acids is 4. The quantitative estimate of drug-likeness (QED) is 0.107. The fourth-order valence-electron chi connectivity index (χ4n) is 8.19. The standard InChI is InChI=1S/C45H45N9O6/c1-45(60-43(46)57,32-13-7-4-8-14-32)42(56)54-24-10-16-37(54)40-49-27-35(51-40)31-21-22-33(47-25-31)28-17-19-29(20-18-28)34-26-48-39(50-34)36-15-9-23-53(36)41(55)38(52-44(58)59-2)30-11-5-3-6-12-30/h3-8,11-14,17-22,25-27,36-38H,9-10,15-16,23-24H2,1-2H3,(H2,46,57)(H,48,50)(H,49,51)(H,52,58)/t36-,37+,38+,45?/m1/s1. The third-order valence-electron chi connectivity index (χ3n) is 11.3. The Kier molecular flexibility index (Phi) is 11.1. The number of likely N-dealkylation sites (tertiary alicyclic amines) is 2. The number of alkyl carbamates (subject to hydrolysis) is 1. The monoisotopic (exact) mass is 807 g/mol. The number of rotatable bonds is 11. The van der Waals surface area contributed by atoms with Gasteiger partial charge >= 0.3 is 12.2 Å². The zero-order chi connectivity index (χ0) is 41.8. The number of imidazole rings is 2. The van der Waals surface area contributed by atoms with Gasteiger partial charge in [-0.2, -0.15) is 0 Å². The second kappa shape index (κ2) is 16.9. The van der Waals surface area contributed by atoms with E-state index in [1.165, 1.54) is 7.11 Å². The maximum atomic E-state index is 14.0. The predicted molar refractivity (Wildman–Crippen MR) is 221 cm³/mol. The molecule has 5 heterocycles. The third kappa shape index (κ3) is 7.93. The summed E-state index contributed by atoms with van der Waals surface area (Å²) in [5, 5.41) is 2.70. The Labute approximate surface area is 346 Å². The number of nitrogens with one attached hydrogen (secondary N) is 3. The molecule has 0 spiro atoms. The van der Waals surface area contributed by atoms with E-state index in [9.17, 15) is 19.2 Å². The first kappa shape index (κ1) is 39.5. The van der Waals surface area contributed by atoms with Gasteiger partial charge in [0.05, 0.1) is 48.7 Å². The molecule has 1 unspecified atom stereocenters. The van der Waals surface area contributed by atoms with E-state index in [0.29, 0.717) is 42.3 Å². The molecule has 0 radical (unpaired) electrons. The number of primary amides is 1. The van der Waals surface area contributed by atoms with Crippen molar-refractivity contribution in [3.05, 3.63) is 138 Å². The van der Waals surface area contributed by atoms with Gasteiger partial charge in [-0.25, -0.2) is 19.6 Å². The topological polar surface area (TPSA) is 202 Å². The number of ether oxygens (including phenoxy) is 2. The maximum Gasteiger partial charge on any atom is 0.407 e. The second-order valence-corrected chi connectivity index (χ2v) is 15.0. The lowest BCUT2D eigenvalue weighted by atomic mass is 9.93. The van der Waals surface area contributed by atoms with E-state index >= 15 is 0 Å². The molecule has 4 amide bonds. The summed E-state index contributed by atoms with van der Waals surface area (Å²) in [6.45, 7) is 2.59. The van der Waals surface area contributed by atoms with E-state index < -0.39 is 23.8 Å². The summed E-state index contributed by atoms with van der Waals surface area (Å²) in [6.07, 6.45) is 6.57. The van der Waals surface area contributed by atoms with Crippen molar-refractivity contribution in [3.8, 4) is 33.8 Å². The van der Waals surface area contributed by atoms with Crippen LogP contribution in [0.5, 0.6) is 0 Å². The molecule has 15 nitrogen and oxygen atoms in total. The highest BCUT2D eigenvalue weighted by Crippen LogP contribution is 2.38. The van der Waals surface area contributed by atoms with Gasteiger partial charge in [0.1, 0.15) is 17.7 Å². The van der Waals surface area contributed by atoms with Crippen LogP contribution in [0.1, 0.15) is 73.5 Å². The fraction of sp³-hybridized carbons (Fsp3) is 0.267. The van der Waals surface area contributed by atoms with E-state index in [1.54, 1.807) is 59.6 Å². The Hall–Kier alpha value is -7.29. The summed E-state index contributed by atoms with van der Waals surface area (Å²) >= 11 is 0. The van der Waals surface area contributed by atoms with Gasteiger partial charge in [0.25, 0.3) is 11.8 Å². The number of nitrogens with two attached hydrogens (primary N) is 1. The Morgan fingerprint density at radius 1 is 0.733 bits per heavy atom. The summed E-state index contributed by atoms with van der Waals surface area (Å²) in [7, 11) is 1.27. The van der Waals surface area contributed by atoms with Gasteiger partial charge in [0.2, 0.25) is 5.60 Å². The lowest BCUT2D eigenvalue weighted by Gasteiger charge is -2.34. The van der Waals surface area contributed by atoms with Gasteiger partial charge < -0.3 is 40.3 Å². The van der Waals surface area contributed by atoms with Crippen molar-refractivity contribution >= 4 is 24.0 Å². The number of benzene rings is 3. The average Bonchev–Trinajstić information content (AvgIpc) is 4.13. The highest BCUT2D eigenvalue weighted by atomic mass is 16.6. The summed E-state index contributed by atoms with van der Waals surface area (Å²) < 4.78 is 10.3. The first-order valence-corrected chi connectivity index (χ1v) is 19.8. The van der Waals surface area contributed by atoms with Crippen molar-refractivity contribution < 1.29 is 28.7 Å². The van der Waals surface area contributed by atoms with Crippen molar-refractivity contribution in [3.63, 3.8) is 0 Å². The molecule has 0 saturated carbocycles. The Bertz CT molecular complexity index is 2470. The highest BCUT2D eigenvalue weighted by molar-refractivity contribution is 5.89. The molecule has 5 N–H and O–H groups in total. The number of aromatic nitrogens is 5. The molecular weight excluding hydrogens is 763 g/mol. The molecule has 2 aliphatic heterocycles. The average molecular weight is 808 g/mol. The SMILES string of the molecule is COC(=O)N[C@H](C(=O)N1CCC[C@@H]1c1ncc(-c2ccc(-c3ccc(-c4cnc([C@@H]5CCCN5C(=O)C(C)(OC(N)=O)c5ccccc5)[nH]4)cn3)cc2)[nH]1)c1ccccc1. The Morgan fingerprint density at radius 3 is 1.90 bits per heavy atom. The molecular formula is C45H45N9O6. The minimum atomic E-state index is -1.59. The molecule has 306 valence electrons. The molecule has 6 aromatic rings. The Morgan fingerprint density at radius 2 is 1.30 bits per heavy atom. The minimum absolute atomic E-state index is 0.226. The first-order chi connectivity index (χ1) is 29.1. The van der Waals surface area contributed by atoms with Crippen molar-refractivity contribution in [1.82, 2.24) is 40.0 Å². The minimum Gasteiger partial charge on any atom is -0.453 e. The van der Waals surface area contributed by atoms with Crippen LogP contribution in [0.4, 0.5) is 9.59 Å². The van der Waals surface area contributed by atoms with Gasteiger partial charge in [-0.15, -0.1) is 0 Å². The van der Waals surface area contributed by atoms with Gasteiger partial charge in [-0.3, -0.25) is 14.6 Å². The van der Waals surface area contributed by atoms with Crippen molar-refractivity contribution in [1.29, 1.82) is 0 Å². The fourth-order valence-corrected chi connectivity index (χ4v) is 8.19. The number of methoxy groups -OCH3 is 1. The van der Waals surface area contributed by atoms with Gasteiger partial charge in [0, 0.05) is 36.0 Å². The van der Waals surface area contributed by atoms with E-state index in [4.69, 9.17) is 20.2 Å². The summed E-state index contributed by atoms with van der Waals surface area (Å²) in [5.41, 5.74) is 10.1. The van der Waals surface area contributed by atoms with Crippen LogP contribution in [0.2, 0.25) is 0 Å². The summed E-state index contributed by atoms with van der Waals surface area (Å²) in [4.78, 5) is 76.5. The van der Waals surface area contributed by atoms with Crippen LogP contribution in [0.3, 0.4) is 0 Å². The third-order valence-corrected chi connectivity index (χ3v) is 11.3. The largest absolute Gasteiger partial charge is 0.453 e. The van der Waals surface area contributed by atoms with Crippen LogP contribution in [0.25, 0.3) is 33.8 Å². The summed E-state index contributed by atoms with van der Waals surface area (Å²) in [5.74, 6) is 0.718. The zero-order valence-electron chi connectivity index (χ0n) is 33.2. The van der Waals surface area contributed by atoms with Crippen LogP contribution in [0.15, 0.2) is 116 Å². The molecule has 4 atom stereocenters. The zero-order valence-corrected chi connectivity index (χ0v) is 33.2. The Balaban J connectivity index is 0.936.